The first kappa shape index (κ1) is 21.3. The van der Waals surface area contributed by atoms with Gasteiger partial charge in [-0.25, -0.2) is 9.37 Å². The molecule has 0 saturated carbocycles. The number of likely N-dealkylation sites (N-methyl/N-ethyl adjacent to an activating group) is 1. The maximum atomic E-state index is 14.0. The summed E-state index contributed by atoms with van der Waals surface area (Å²) in [5.41, 5.74) is -1.33. The third-order valence-corrected chi connectivity index (χ3v) is 3.44. The van der Waals surface area contributed by atoms with Gasteiger partial charge in [-0.15, -0.1) is 0 Å². The minimum Gasteiger partial charge on any atom is -0.459 e. The number of benzene rings is 1. The van der Waals surface area contributed by atoms with Crippen molar-refractivity contribution >= 4 is 29.1 Å². The number of ether oxygens (including phenoxy) is 2. The van der Waals surface area contributed by atoms with Crippen LogP contribution in [0.2, 0.25) is 5.02 Å². The van der Waals surface area contributed by atoms with Crippen LogP contribution in [-0.2, 0) is 9.53 Å². The van der Waals surface area contributed by atoms with Gasteiger partial charge in [0.1, 0.15) is 18.5 Å². The largest absolute Gasteiger partial charge is 0.459 e. The first-order valence-corrected chi connectivity index (χ1v) is 8.41. The van der Waals surface area contributed by atoms with Crippen molar-refractivity contribution in [3.63, 3.8) is 0 Å². The van der Waals surface area contributed by atoms with Gasteiger partial charge in [0.05, 0.1) is 4.92 Å². The molecule has 0 unspecified atom stereocenters. The Bertz CT molecular complexity index is 904. The molecule has 0 aliphatic rings. The molecule has 2 rings (SSSR count). The second kappa shape index (κ2) is 8.34. The Morgan fingerprint density at radius 3 is 2.61 bits per heavy atom. The summed E-state index contributed by atoms with van der Waals surface area (Å²) < 4.78 is 24.4. The molecule has 0 amide bonds. The van der Waals surface area contributed by atoms with Gasteiger partial charge in [0.25, 0.3) is 0 Å². The maximum Gasteiger partial charge on any atom is 0.373 e. The Kier molecular flexibility index (Phi) is 6.34. The summed E-state index contributed by atoms with van der Waals surface area (Å²) in [5.74, 6) is -2.38. The molecule has 0 saturated heterocycles. The molecule has 2 aromatic rings. The summed E-state index contributed by atoms with van der Waals surface area (Å²) in [6.07, 6.45) is 1.01. The number of halogens is 2. The Labute approximate surface area is 165 Å². The highest BCUT2D eigenvalue weighted by Gasteiger charge is 2.29. The van der Waals surface area contributed by atoms with Crippen molar-refractivity contribution in [3.8, 4) is 11.6 Å². The molecule has 1 aromatic heterocycles. The molecule has 0 radical (unpaired) electrons. The van der Waals surface area contributed by atoms with Crippen molar-refractivity contribution in [2.24, 2.45) is 0 Å². The SMILES string of the molecule is CN(CC(=O)OC(C)(C)C)c1ncnc(Oc2ccc(Cl)cc2F)c1[N+](=O)[O-]. The number of anilines is 1. The van der Waals surface area contributed by atoms with Crippen LogP contribution >= 0.6 is 11.6 Å². The minimum absolute atomic E-state index is 0.139. The summed E-state index contributed by atoms with van der Waals surface area (Å²) in [6, 6.07) is 3.58. The van der Waals surface area contributed by atoms with Gasteiger partial charge < -0.3 is 14.4 Å². The Morgan fingerprint density at radius 2 is 2.04 bits per heavy atom. The molecule has 9 nitrogen and oxygen atoms in total. The monoisotopic (exact) mass is 412 g/mol. The fourth-order valence-corrected chi connectivity index (χ4v) is 2.33. The van der Waals surface area contributed by atoms with Gasteiger partial charge in [-0.3, -0.25) is 14.9 Å². The predicted octanol–water partition coefficient (Wildman–Crippen LogP) is 3.75. The lowest BCUT2D eigenvalue weighted by Gasteiger charge is -2.23. The van der Waals surface area contributed by atoms with Crippen LogP contribution in [0.4, 0.5) is 15.9 Å². The second-order valence-corrected chi connectivity index (χ2v) is 7.16. The van der Waals surface area contributed by atoms with Crippen molar-refractivity contribution in [1.29, 1.82) is 0 Å². The average molecular weight is 413 g/mol. The molecule has 1 heterocycles. The van der Waals surface area contributed by atoms with Crippen LogP contribution in [0.1, 0.15) is 20.8 Å². The standard InChI is InChI=1S/C17H18ClFN4O5/c1-17(2,3)28-13(24)8-22(4)15-14(23(25)26)16(21-9-20-15)27-12-6-5-10(18)7-11(12)19/h5-7,9H,8H2,1-4H3. The summed E-state index contributed by atoms with van der Waals surface area (Å²) in [7, 11) is 1.42. The molecule has 11 heteroatoms. The van der Waals surface area contributed by atoms with Gasteiger partial charge in [0.15, 0.2) is 11.6 Å². The number of carbonyl (C=O) groups is 1. The predicted molar refractivity (Wildman–Crippen MR) is 99.3 cm³/mol. The van der Waals surface area contributed by atoms with Gasteiger partial charge in [-0.2, -0.15) is 4.98 Å². The molecule has 1 aromatic carbocycles. The van der Waals surface area contributed by atoms with Crippen LogP contribution in [0, 0.1) is 15.9 Å². The van der Waals surface area contributed by atoms with Crippen molar-refractivity contribution in [2.75, 3.05) is 18.5 Å². The molecule has 0 aliphatic heterocycles. The van der Waals surface area contributed by atoms with Crippen LogP contribution in [0.3, 0.4) is 0 Å². The molecule has 0 bridgehead atoms. The van der Waals surface area contributed by atoms with Crippen LogP contribution in [0.25, 0.3) is 0 Å². The van der Waals surface area contributed by atoms with E-state index in [2.05, 4.69) is 9.97 Å². The van der Waals surface area contributed by atoms with E-state index < -0.39 is 33.9 Å². The van der Waals surface area contributed by atoms with Gasteiger partial charge in [-0.05, 0) is 39.0 Å². The van der Waals surface area contributed by atoms with Crippen molar-refractivity contribution in [2.45, 2.75) is 26.4 Å². The summed E-state index contributed by atoms with van der Waals surface area (Å²) in [5, 5.41) is 11.7. The molecule has 0 fully saturated rings. The van der Waals surface area contributed by atoms with Crippen molar-refractivity contribution in [1.82, 2.24) is 9.97 Å². The van der Waals surface area contributed by atoms with Crippen LogP contribution in [-0.4, -0.2) is 40.1 Å². The van der Waals surface area contributed by atoms with Crippen molar-refractivity contribution < 1.29 is 23.6 Å². The van der Waals surface area contributed by atoms with E-state index in [0.29, 0.717) is 0 Å². The number of esters is 1. The molecule has 0 atom stereocenters. The molecule has 0 N–H and O–H groups in total. The van der Waals surface area contributed by atoms with Gasteiger partial charge in [0.2, 0.25) is 5.82 Å². The topological polar surface area (TPSA) is 108 Å². The normalized spacial score (nSPS) is 11.1. The van der Waals surface area contributed by atoms with Gasteiger partial charge >= 0.3 is 17.5 Å². The first-order valence-electron chi connectivity index (χ1n) is 8.03. The third-order valence-electron chi connectivity index (χ3n) is 3.20. The number of carbonyl (C=O) groups excluding carboxylic acids is 1. The third kappa shape index (κ3) is 5.49. The zero-order chi connectivity index (χ0) is 21.1. The van der Waals surface area contributed by atoms with Crippen LogP contribution in [0.5, 0.6) is 11.6 Å². The van der Waals surface area contributed by atoms with E-state index >= 15 is 0 Å². The molecular formula is C17H18ClFN4O5. The molecular weight excluding hydrogens is 395 g/mol. The van der Waals surface area contributed by atoms with E-state index in [9.17, 15) is 19.3 Å². The zero-order valence-corrected chi connectivity index (χ0v) is 16.4. The number of nitro groups is 1. The average Bonchev–Trinajstić information content (AvgIpc) is 2.55. The number of rotatable bonds is 6. The lowest BCUT2D eigenvalue weighted by atomic mass is 10.2. The molecule has 0 aliphatic carbocycles. The van der Waals surface area contributed by atoms with Gasteiger partial charge in [-0.1, -0.05) is 11.6 Å². The Morgan fingerprint density at radius 1 is 1.36 bits per heavy atom. The van der Waals surface area contributed by atoms with E-state index in [4.69, 9.17) is 21.1 Å². The summed E-state index contributed by atoms with van der Waals surface area (Å²) in [6.45, 7) is 4.80. The van der Waals surface area contributed by atoms with E-state index in [1.807, 2.05) is 0 Å². The lowest BCUT2D eigenvalue weighted by Crippen LogP contribution is -2.33. The number of hydrogen-bond acceptors (Lipinski definition) is 8. The summed E-state index contributed by atoms with van der Waals surface area (Å²) >= 11 is 5.68. The first-order chi connectivity index (χ1) is 13.0. The van der Waals surface area contributed by atoms with E-state index in [-0.39, 0.29) is 23.1 Å². The van der Waals surface area contributed by atoms with Crippen LogP contribution < -0.4 is 9.64 Å². The fourth-order valence-electron chi connectivity index (χ4n) is 2.17. The number of aromatic nitrogens is 2. The van der Waals surface area contributed by atoms with Gasteiger partial charge in [0, 0.05) is 12.1 Å². The fraction of sp³-hybridized carbons (Fsp3) is 0.353. The highest BCUT2D eigenvalue weighted by molar-refractivity contribution is 6.30. The summed E-state index contributed by atoms with van der Waals surface area (Å²) in [4.78, 5) is 31.6. The lowest BCUT2D eigenvalue weighted by molar-refractivity contribution is -0.385. The highest BCUT2D eigenvalue weighted by atomic mass is 35.5. The Balaban J connectivity index is 2.34. The Hall–Kier alpha value is -3.01. The quantitative estimate of drug-likeness (QED) is 0.401. The van der Waals surface area contributed by atoms with E-state index in [0.717, 1.165) is 12.4 Å². The second-order valence-electron chi connectivity index (χ2n) is 6.73. The van der Waals surface area contributed by atoms with E-state index in [1.54, 1.807) is 20.8 Å². The maximum absolute atomic E-state index is 14.0. The molecule has 0 spiro atoms. The zero-order valence-electron chi connectivity index (χ0n) is 15.6. The molecule has 28 heavy (non-hydrogen) atoms. The smallest absolute Gasteiger partial charge is 0.373 e. The minimum atomic E-state index is -0.816. The van der Waals surface area contributed by atoms with E-state index in [1.165, 1.54) is 24.1 Å². The van der Waals surface area contributed by atoms with Crippen molar-refractivity contribution in [3.05, 3.63) is 45.5 Å². The van der Waals surface area contributed by atoms with Crippen LogP contribution in [0.15, 0.2) is 24.5 Å². The molecule has 150 valence electrons. The number of nitrogens with zero attached hydrogens (tertiary/aromatic N) is 4. The number of hydrogen-bond donors (Lipinski definition) is 0. The highest BCUT2D eigenvalue weighted by Crippen LogP contribution is 2.36.